The van der Waals surface area contributed by atoms with E-state index in [0.717, 1.165) is 5.69 Å². The highest BCUT2D eigenvalue weighted by atomic mass is 16.5. The second-order valence-corrected chi connectivity index (χ2v) is 5.19. The first-order chi connectivity index (χ1) is 9.60. The number of carbonyl (C=O) groups excluding carboxylic acids is 1. The third-order valence-corrected chi connectivity index (χ3v) is 3.39. The van der Waals surface area contributed by atoms with Gasteiger partial charge >= 0.3 is 0 Å². The van der Waals surface area contributed by atoms with E-state index in [9.17, 15) is 4.79 Å². The third-order valence-electron chi connectivity index (χ3n) is 3.39. The quantitative estimate of drug-likeness (QED) is 0.654. The van der Waals surface area contributed by atoms with E-state index in [1.54, 1.807) is 13.4 Å². The summed E-state index contributed by atoms with van der Waals surface area (Å²) >= 11 is 0. The van der Waals surface area contributed by atoms with Crippen LogP contribution in [-0.4, -0.2) is 42.3 Å². The number of aryl methyl sites for hydroxylation is 1. The molecule has 6 heteroatoms. The Kier molecular flexibility index (Phi) is 7.25. The van der Waals surface area contributed by atoms with E-state index in [4.69, 9.17) is 10.5 Å². The molecular formula is C14H26N4O2. The maximum Gasteiger partial charge on any atom is 0.221 e. The Morgan fingerprint density at radius 3 is 2.90 bits per heavy atom. The summed E-state index contributed by atoms with van der Waals surface area (Å²) in [5.74, 6) is 0.746. The lowest BCUT2D eigenvalue weighted by atomic mass is 9.93. The molecule has 0 radical (unpaired) electrons. The lowest BCUT2D eigenvalue weighted by molar-refractivity contribution is -0.121. The van der Waals surface area contributed by atoms with Gasteiger partial charge in [-0.05, 0) is 5.92 Å². The first-order valence-electron chi connectivity index (χ1n) is 7.05. The monoisotopic (exact) mass is 282 g/mol. The number of nitrogens with one attached hydrogen (secondary N) is 1. The minimum Gasteiger partial charge on any atom is -0.383 e. The number of aromatic nitrogens is 2. The van der Waals surface area contributed by atoms with Crippen LogP contribution in [0.15, 0.2) is 12.5 Å². The lowest BCUT2D eigenvalue weighted by Crippen LogP contribution is -2.28. The van der Waals surface area contributed by atoms with Crippen LogP contribution in [0.1, 0.15) is 31.9 Å². The number of ether oxygens (including phenoxy) is 1. The van der Waals surface area contributed by atoms with Crippen molar-refractivity contribution in [2.75, 3.05) is 26.8 Å². The Labute approximate surface area is 120 Å². The molecule has 0 aromatic carbocycles. The smallest absolute Gasteiger partial charge is 0.221 e. The average Bonchev–Trinajstić information content (AvgIpc) is 2.85. The number of nitrogens with two attached hydrogens (primary N) is 1. The fourth-order valence-corrected chi connectivity index (χ4v) is 2.16. The SMILES string of the molecule is COCCNC(=O)CCn1cncc1C(CN)C(C)C. The maximum absolute atomic E-state index is 11.7. The van der Waals surface area contributed by atoms with Crippen LogP contribution >= 0.6 is 0 Å². The molecule has 0 saturated carbocycles. The predicted molar refractivity (Wildman–Crippen MR) is 78.4 cm³/mol. The van der Waals surface area contributed by atoms with E-state index in [1.165, 1.54) is 0 Å². The molecule has 6 nitrogen and oxygen atoms in total. The Morgan fingerprint density at radius 1 is 1.55 bits per heavy atom. The topological polar surface area (TPSA) is 82.2 Å². The van der Waals surface area contributed by atoms with E-state index < -0.39 is 0 Å². The summed E-state index contributed by atoms with van der Waals surface area (Å²) in [5.41, 5.74) is 6.94. The number of amides is 1. The van der Waals surface area contributed by atoms with Crippen molar-refractivity contribution >= 4 is 5.91 Å². The van der Waals surface area contributed by atoms with Crippen molar-refractivity contribution in [3.8, 4) is 0 Å². The molecule has 0 aliphatic carbocycles. The van der Waals surface area contributed by atoms with Crippen LogP contribution in [0.3, 0.4) is 0 Å². The highest BCUT2D eigenvalue weighted by Gasteiger charge is 2.18. The second kappa shape index (κ2) is 8.71. The summed E-state index contributed by atoms with van der Waals surface area (Å²) in [5, 5.41) is 2.81. The van der Waals surface area contributed by atoms with Crippen molar-refractivity contribution in [1.82, 2.24) is 14.9 Å². The second-order valence-electron chi connectivity index (χ2n) is 5.19. The average molecular weight is 282 g/mol. The molecule has 1 aromatic heterocycles. The zero-order chi connectivity index (χ0) is 15.0. The maximum atomic E-state index is 11.7. The fourth-order valence-electron chi connectivity index (χ4n) is 2.16. The van der Waals surface area contributed by atoms with Crippen LogP contribution in [0.2, 0.25) is 0 Å². The molecule has 1 unspecified atom stereocenters. The largest absolute Gasteiger partial charge is 0.383 e. The number of carbonyl (C=O) groups is 1. The molecule has 0 aliphatic heterocycles. The molecule has 1 rings (SSSR count). The normalized spacial score (nSPS) is 12.7. The molecule has 0 aliphatic rings. The number of methoxy groups -OCH3 is 1. The van der Waals surface area contributed by atoms with Crippen LogP contribution in [0.5, 0.6) is 0 Å². The number of imidazole rings is 1. The Balaban J connectivity index is 2.52. The van der Waals surface area contributed by atoms with Gasteiger partial charge in [0.1, 0.15) is 0 Å². The lowest BCUT2D eigenvalue weighted by Gasteiger charge is -2.20. The van der Waals surface area contributed by atoms with Gasteiger partial charge in [0.15, 0.2) is 0 Å². The van der Waals surface area contributed by atoms with Gasteiger partial charge < -0.3 is 20.4 Å². The van der Waals surface area contributed by atoms with Gasteiger partial charge in [-0.15, -0.1) is 0 Å². The van der Waals surface area contributed by atoms with Crippen molar-refractivity contribution in [2.24, 2.45) is 11.7 Å². The molecule has 1 atom stereocenters. The highest BCUT2D eigenvalue weighted by Crippen LogP contribution is 2.22. The highest BCUT2D eigenvalue weighted by molar-refractivity contribution is 5.75. The van der Waals surface area contributed by atoms with Crippen molar-refractivity contribution in [1.29, 1.82) is 0 Å². The zero-order valence-corrected chi connectivity index (χ0v) is 12.6. The van der Waals surface area contributed by atoms with Crippen molar-refractivity contribution in [2.45, 2.75) is 32.7 Å². The number of hydrogen-bond donors (Lipinski definition) is 2. The molecule has 0 spiro atoms. The summed E-state index contributed by atoms with van der Waals surface area (Å²) < 4.78 is 6.91. The number of hydrogen-bond acceptors (Lipinski definition) is 4. The van der Waals surface area contributed by atoms with Crippen molar-refractivity contribution in [3.63, 3.8) is 0 Å². The Hall–Kier alpha value is -1.40. The van der Waals surface area contributed by atoms with E-state index >= 15 is 0 Å². The van der Waals surface area contributed by atoms with Gasteiger partial charge in [-0.25, -0.2) is 4.98 Å². The van der Waals surface area contributed by atoms with Gasteiger partial charge in [-0.2, -0.15) is 0 Å². The van der Waals surface area contributed by atoms with Gasteiger partial charge in [-0.1, -0.05) is 13.8 Å². The van der Waals surface area contributed by atoms with Crippen molar-refractivity contribution < 1.29 is 9.53 Å². The molecular weight excluding hydrogens is 256 g/mol. The summed E-state index contributed by atoms with van der Waals surface area (Å²) in [4.78, 5) is 15.9. The van der Waals surface area contributed by atoms with E-state index in [1.807, 2.05) is 10.8 Å². The van der Waals surface area contributed by atoms with Gasteiger partial charge in [0.2, 0.25) is 5.91 Å². The molecule has 0 saturated heterocycles. The first kappa shape index (κ1) is 16.7. The van der Waals surface area contributed by atoms with Crippen LogP contribution in [0, 0.1) is 5.92 Å². The molecule has 1 amide bonds. The molecule has 1 heterocycles. The van der Waals surface area contributed by atoms with Crippen LogP contribution < -0.4 is 11.1 Å². The zero-order valence-electron chi connectivity index (χ0n) is 12.6. The predicted octanol–water partition coefficient (Wildman–Crippen LogP) is 0.734. The van der Waals surface area contributed by atoms with Crippen LogP contribution in [0.25, 0.3) is 0 Å². The molecule has 0 bridgehead atoms. The number of rotatable bonds is 9. The molecule has 1 aromatic rings. The standard InChI is InChI=1S/C14H26N4O2/c1-11(2)12(8-15)13-9-16-10-18(13)6-4-14(19)17-5-7-20-3/h9-12H,4-8,15H2,1-3H3,(H,17,19). The van der Waals surface area contributed by atoms with Crippen LogP contribution in [-0.2, 0) is 16.1 Å². The van der Waals surface area contributed by atoms with Crippen molar-refractivity contribution in [3.05, 3.63) is 18.2 Å². The van der Waals surface area contributed by atoms with E-state index in [0.29, 0.717) is 38.6 Å². The molecule has 3 N–H and O–H groups in total. The van der Waals surface area contributed by atoms with Crippen LogP contribution in [0.4, 0.5) is 0 Å². The summed E-state index contributed by atoms with van der Waals surface area (Å²) in [6.07, 6.45) is 4.05. The summed E-state index contributed by atoms with van der Waals surface area (Å²) in [6, 6.07) is 0. The molecule has 20 heavy (non-hydrogen) atoms. The Morgan fingerprint density at radius 2 is 2.30 bits per heavy atom. The van der Waals surface area contributed by atoms with Gasteiger partial charge in [-0.3, -0.25) is 4.79 Å². The van der Waals surface area contributed by atoms with Gasteiger partial charge in [0.25, 0.3) is 0 Å². The van der Waals surface area contributed by atoms with E-state index in [-0.39, 0.29) is 11.8 Å². The third kappa shape index (κ3) is 4.94. The summed E-state index contributed by atoms with van der Waals surface area (Å²) in [7, 11) is 1.61. The molecule has 0 fully saturated rings. The first-order valence-corrected chi connectivity index (χ1v) is 7.05. The fraction of sp³-hybridized carbons (Fsp3) is 0.714. The minimum atomic E-state index is 0.0237. The molecule has 114 valence electrons. The summed E-state index contributed by atoms with van der Waals surface area (Å²) in [6.45, 7) is 6.58. The van der Waals surface area contributed by atoms with Gasteiger partial charge in [0, 0.05) is 51.0 Å². The van der Waals surface area contributed by atoms with Gasteiger partial charge in [0.05, 0.1) is 12.9 Å². The number of nitrogens with zero attached hydrogens (tertiary/aromatic N) is 2. The Bertz CT molecular complexity index is 404. The van der Waals surface area contributed by atoms with E-state index in [2.05, 4.69) is 24.1 Å². The minimum absolute atomic E-state index is 0.0237.